The van der Waals surface area contributed by atoms with E-state index in [0.29, 0.717) is 12.1 Å². The van der Waals surface area contributed by atoms with Gasteiger partial charge in [-0.25, -0.2) is 0 Å². The van der Waals surface area contributed by atoms with E-state index < -0.39 is 0 Å². The molecule has 0 spiro atoms. The minimum Gasteiger partial charge on any atom is -0.377 e. The molecule has 2 aliphatic heterocycles. The normalized spacial score (nSPS) is 21.1. The van der Waals surface area contributed by atoms with Crippen LogP contribution in [0.1, 0.15) is 41.0 Å². The van der Waals surface area contributed by atoms with Crippen LogP contribution in [-0.4, -0.2) is 59.1 Å². The first kappa shape index (κ1) is 18.6. The van der Waals surface area contributed by atoms with Gasteiger partial charge in [0.2, 0.25) is 0 Å². The maximum absolute atomic E-state index is 12.6. The van der Waals surface area contributed by atoms with Gasteiger partial charge >= 0.3 is 0 Å². The molecule has 1 unspecified atom stereocenters. The predicted molar refractivity (Wildman–Crippen MR) is 107 cm³/mol. The highest BCUT2D eigenvalue weighted by molar-refractivity contribution is 7.12. The molecule has 2 aromatic rings. The second-order valence-corrected chi connectivity index (χ2v) is 8.33. The van der Waals surface area contributed by atoms with Crippen molar-refractivity contribution in [3.8, 4) is 0 Å². The third-order valence-corrected chi connectivity index (χ3v) is 6.41. The summed E-state index contributed by atoms with van der Waals surface area (Å²) in [5, 5.41) is 1.97. The molecule has 0 radical (unpaired) electrons. The SMILES string of the molecule is O=C(c1cccs1)N1CCC(N(Cc2ccccn2)CC2CCCO2)CC1. The standard InChI is InChI=1S/C21H27N3O2S/c25-21(20-7-4-14-27-20)23-11-8-18(9-12-23)24(16-19-6-3-13-26-19)15-17-5-1-2-10-22-17/h1-2,4-5,7,10,14,18-19H,3,6,8-9,11-13,15-16H2. The van der Waals surface area contributed by atoms with Crippen molar-refractivity contribution in [3.63, 3.8) is 0 Å². The number of likely N-dealkylation sites (tertiary alicyclic amines) is 1. The number of thiophene rings is 1. The number of carbonyl (C=O) groups is 1. The number of carbonyl (C=O) groups excluding carboxylic acids is 1. The van der Waals surface area contributed by atoms with Crippen LogP contribution in [0.5, 0.6) is 0 Å². The molecular formula is C21H27N3O2S. The first-order chi connectivity index (χ1) is 13.3. The molecule has 1 amide bonds. The van der Waals surface area contributed by atoms with Crippen LogP contribution in [-0.2, 0) is 11.3 Å². The van der Waals surface area contributed by atoms with Crippen molar-refractivity contribution in [3.05, 3.63) is 52.5 Å². The summed E-state index contributed by atoms with van der Waals surface area (Å²) in [6.07, 6.45) is 6.53. The minimum atomic E-state index is 0.179. The van der Waals surface area contributed by atoms with Gasteiger partial charge < -0.3 is 9.64 Å². The molecule has 0 saturated carbocycles. The molecule has 27 heavy (non-hydrogen) atoms. The topological polar surface area (TPSA) is 45.7 Å². The minimum absolute atomic E-state index is 0.179. The smallest absolute Gasteiger partial charge is 0.263 e. The maximum Gasteiger partial charge on any atom is 0.263 e. The van der Waals surface area contributed by atoms with Crippen molar-refractivity contribution < 1.29 is 9.53 Å². The van der Waals surface area contributed by atoms with Gasteiger partial charge in [0.1, 0.15) is 0 Å². The van der Waals surface area contributed by atoms with Crippen LogP contribution in [0.15, 0.2) is 41.9 Å². The first-order valence-electron chi connectivity index (χ1n) is 9.88. The van der Waals surface area contributed by atoms with E-state index in [1.807, 2.05) is 34.7 Å². The third-order valence-electron chi connectivity index (χ3n) is 5.55. The fraction of sp³-hybridized carbons (Fsp3) is 0.524. The fourth-order valence-corrected chi connectivity index (χ4v) is 4.77. The van der Waals surface area contributed by atoms with Crippen LogP contribution in [0.25, 0.3) is 0 Å². The summed E-state index contributed by atoms with van der Waals surface area (Å²) in [4.78, 5) is 22.5. The molecule has 0 aliphatic carbocycles. The first-order valence-corrected chi connectivity index (χ1v) is 10.8. The molecule has 4 rings (SSSR count). The van der Waals surface area contributed by atoms with Gasteiger partial charge in [0, 0.05) is 45.0 Å². The van der Waals surface area contributed by atoms with Gasteiger partial charge in [0.25, 0.3) is 5.91 Å². The van der Waals surface area contributed by atoms with Crippen LogP contribution >= 0.6 is 11.3 Å². The highest BCUT2D eigenvalue weighted by Crippen LogP contribution is 2.23. The van der Waals surface area contributed by atoms with Crippen molar-refractivity contribution in [1.29, 1.82) is 0 Å². The number of ether oxygens (including phenoxy) is 1. The molecule has 6 heteroatoms. The Morgan fingerprint density at radius 1 is 1.22 bits per heavy atom. The Balaban J connectivity index is 1.39. The summed E-state index contributed by atoms with van der Waals surface area (Å²) in [5.41, 5.74) is 1.10. The zero-order valence-corrected chi connectivity index (χ0v) is 16.4. The highest BCUT2D eigenvalue weighted by atomic mass is 32.1. The summed E-state index contributed by atoms with van der Waals surface area (Å²) < 4.78 is 5.90. The van der Waals surface area contributed by atoms with E-state index in [1.165, 1.54) is 11.3 Å². The number of aromatic nitrogens is 1. The zero-order chi connectivity index (χ0) is 18.5. The van der Waals surface area contributed by atoms with E-state index in [9.17, 15) is 4.79 Å². The zero-order valence-electron chi connectivity index (χ0n) is 15.6. The molecule has 2 aromatic heterocycles. The molecule has 5 nitrogen and oxygen atoms in total. The molecule has 0 aromatic carbocycles. The highest BCUT2D eigenvalue weighted by Gasteiger charge is 2.30. The fourth-order valence-electron chi connectivity index (χ4n) is 4.08. The molecule has 2 aliphatic rings. The summed E-state index contributed by atoms with van der Waals surface area (Å²) in [5.74, 6) is 0.179. The quantitative estimate of drug-likeness (QED) is 0.764. The average molecular weight is 386 g/mol. The number of hydrogen-bond donors (Lipinski definition) is 0. The Morgan fingerprint density at radius 3 is 2.78 bits per heavy atom. The van der Waals surface area contributed by atoms with E-state index in [0.717, 1.165) is 69.0 Å². The second kappa shape index (κ2) is 8.95. The van der Waals surface area contributed by atoms with Crippen molar-refractivity contribution in [1.82, 2.24) is 14.8 Å². The third kappa shape index (κ3) is 4.75. The Bertz CT molecular complexity index is 708. The van der Waals surface area contributed by atoms with E-state index in [2.05, 4.69) is 22.0 Å². The van der Waals surface area contributed by atoms with Gasteiger partial charge in [0.05, 0.1) is 16.7 Å². The van der Waals surface area contributed by atoms with Crippen molar-refractivity contribution in [2.45, 2.75) is 44.4 Å². The lowest BCUT2D eigenvalue weighted by Crippen LogP contribution is -2.48. The molecule has 4 heterocycles. The number of piperidine rings is 1. The Kier molecular flexibility index (Phi) is 6.17. The van der Waals surface area contributed by atoms with Crippen LogP contribution in [0.2, 0.25) is 0 Å². The maximum atomic E-state index is 12.6. The van der Waals surface area contributed by atoms with Crippen molar-refractivity contribution in [2.24, 2.45) is 0 Å². The number of rotatable bonds is 6. The van der Waals surface area contributed by atoms with E-state index in [4.69, 9.17) is 4.74 Å². The van der Waals surface area contributed by atoms with Crippen LogP contribution in [0.3, 0.4) is 0 Å². The van der Waals surface area contributed by atoms with Gasteiger partial charge in [-0.1, -0.05) is 12.1 Å². The Hall–Kier alpha value is -1.76. The summed E-state index contributed by atoms with van der Waals surface area (Å²) >= 11 is 1.53. The van der Waals surface area contributed by atoms with Crippen LogP contribution in [0.4, 0.5) is 0 Å². The largest absolute Gasteiger partial charge is 0.377 e. The molecule has 1 atom stereocenters. The van der Waals surface area contributed by atoms with Crippen LogP contribution < -0.4 is 0 Å². The Labute approximate surface area is 165 Å². The lowest BCUT2D eigenvalue weighted by Gasteiger charge is -2.39. The van der Waals surface area contributed by atoms with Crippen LogP contribution in [0, 0.1) is 0 Å². The summed E-state index contributed by atoms with van der Waals surface area (Å²) in [6, 6.07) is 10.4. The van der Waals surface area contributed by atoms with Gasteiger partial charge in [-0.3, -0.25) is 14.7 Å². The summed E-state index contributed by atoms with van der Waals surface area (Å²) in [6.45, 7) is 4.34. The molecule has 144 valence electrons. The van der Waals surface area contributed by atoms with E-state index >= 15 is 0 Å². The predicted octanol–water partition coefficient (Wildman–Crippen LogP) is 3.43. The monoisotopic (exact) mass is 385 g/mol. The second-order valence-electron chi connectivity index (χ2n) is 7.39. The van der Waals surface area contributed by atoms with Gasteiger partial charge in [0.15, 0.2) is 0 Å². The Morgan fingerprint density at radius 2 is 2.11 bits per heavy atom. The molecule has 0 bridgehead atoms. The van der Waals surface area contributed by atoms with E-state index in [1.54, 1.807) is 0 Å². The van der Waals surface area contributed by atoms with Crippen molar-refractivity contribution in [2.75, 3.05) is 26.2 Å². The van der Waals surface area contributed by atoms with Gasteiger partial charge in [-0.05, 0) is 49.3 Å². The average Bonchev–Trinajstić information content (AvgIpc) is 3.42. The number of pyridine rings is 1. The number of amides is 1. The summed E-state index contributed by atoms with van der Waals surface area (Å²) in [7, 11) is 0. The molecule has 0 N–H and O–H groups in total. The molecular weight excluding hydrogens is 358 g/mol. The molecule has 2 saturated heterocycles. The van der Waals surface area contributed by atoms with Gasteiger partial charge in [-0.2, -0.15) is 0 Å². The van der Waals surface area contributed by atoms with Gasteiger partial charge in [-0.15, -0.1) is 11.3 Å². The van der Waals surface area contributed by atoms with Crippen molar-refractivity contribution >= 4 is 17.2 Å². The number of nitrogens with zero attached hydrogens (tertiary/aromatic N) is 3. The van der Waals surface area contributed by atoms with E-state index in [-0.39, 0.29) is 5.91 Å². The number of hydrogen-bond acceptors (Lipinski definition) is 5. The molecule has 2 fully saturated rings. The lowest BCUT2D eigenvalue weighted by molar-refractivity contribution is 0.0317. The lowest BCUT2D eigenvalue weighted by atomic mass is 10.0.